The van der Waals surface area contributed by atoms with E-state index in [9.17, 15) is 4.79 Å². The fourth-order valence-corrected chi connectivity index (χ4v) is 4.81. The van der Waals surface area contributed by atoms with Crippen molar-refractivity contribution in [1.82, 2.24) is 5.32 Å². The number of aliphatic hydroxyl groups is 1. The Morgan fingerprint density at radius 2 is 2.27 bits per heavy atom. The molecule has 1 saturated heterocycles. The molecule has 0 bridgehead atoms. The summed E-state index contributed by atoms with van der Waals surface area (Å²) in [5.74, 6) is 0.299. The first-order valence-corrected chi connectivity index (χ1v) is 8.76. The van der Waals surface area contributed by atoms with Crippen molar-refractivity contribution >= 4 is 5.97 Å². The van der Waals surface area contributed by atoms with Gasteiger partial charge in [0.25, 0.3) is 0 Å². The molecule has 124 valence electrons. The van der Waals surface area contributed by atoms with Crippen molar-refractivity contribution in [2.75, 3.05) is 19.7 Å². The van der Waals surface area contributed by atoms with Gasteiger partial charge >= 0.3 is 5.97 Å². The number of hydrogen-bond donors (Lipinski definition) is 2. The highest BCUT2D eigenvalue weighted by Gasteiger charge is 2.52. The van der Waals surface area contributed by atoms with E-state index in [2.05, 4.69) is 19.2 Å². The molecule has 4 heteroatoms. The van der Waals surface area contributed by atoms with E-state index in [0.29, 0.717) is 12.5 Å². The molecule has 4 nitrogen and oxygen atoms in total. The van der Waals surface area contributed by atoms with E-state index in [1.54, 1.807) is 11.1 Å². The van der Waals surface area contributed by atoms with Crippen LogP contribution >= 0.6 is 0 Å². The van der Waals surface area contributed by atoms with Crippen LogP contribution in [0.4, 0.5) is 0 Å². The molecular formula is C18H29NO3. The predicted octanol–water partition coefficient (Wildman–Crippen LogP) is 2.42. The minimum atomic E-state index is -0.0213. The monoisotopic (exact) mass is 307 g/mol. The molecule has 1 heterocycles. The summed E-state index contributed by atoms with van der Waals surface area (Å²) in [5, 5.41) is 12.2. The van der Waals surface area contributed by atoms with Crippen LogP contribution in [0.25, 0.3) is 0 Å². The molecule has 2 N–H and O–H groups in total. The lowest BCUT2D eigenvalue weighted by Crippen LogP contribution is -2.40. The first-order valence-electron chi connectivity index (χ1n) is 8.76. The average molecular weight is 307 g/mol. The minimum Gasteiger partial charge on any atom is -0.462 e. The fraction of sp³-hybridized carbons (Fsp3) is 0.833. The number of aliphatic hydroxyl groups excluding tert-OH is 1. The number of hydrogen-bond acceptors (Lipinski definition) is 4. The Morgan fingerprint density at radius 3 is 3.05 bits per heavy atom. The van der Waals surface area contributed by atoms with Gasteiger partial charge in [0.15, 0.2) is 0 Å². The highest BCUT2D eigenvalue weighted by atomic mass is 16.6. The number of ether oxygens (including phenoxy) is 1. The second kappa shape index (κ2) is 6.32. The standard InChI is InChI=1S/C18H29NO3/c1-12-5-3-6-18(2)10-16-13(9-15(12)18)14(17(21)22-16)11-19-7-4-8-20/h13-14,16,19-20H,3-11H2,1-2H3. The van der Waals surface area contributed by atoms with Gasteiger partial charge in [0.1, 0.15) is 6.10 Å². The maximum atomic E-state index is 12.3. The second-order valence-electron chi connectivity index (χ2n) is 7.61. The largest absolute Gasteiger partial charge is 0.462 e. The fourth-order valence-electron chi connectivity index (χ4n) is 4.81. The van der Waals surface area contributed by atoms with Gasteiger partial charge in [0, 0.05) is 19.1 Å². The summed E-state index contributed by atoms with van der Waals surface area (Å²) in [6.45, 7) is 6.28. The molecule has 2 aliphatic carbocycles. The molecule has 0 aromatic rings. The third-order valence-corrected chi connectivity index (χ3v) is 6.06. The van der Waals surface area contributed by atoms with Gasteiger partial charge in [-0.15, -0.1) is 0 Å². The van der Waals surface area contributed by atoms with Crippen molar-refractivity contribution in [2.24, 2.45) is 17.3 Å². The quantitative estimate of drug-likeness (QED) is 0.465. The summed E-state index contributed by atoms with van der Waals surface area (Å²) >= 11 is 0. The average Bonchev–Trinajstić information content (AvgIpc) is 2.76. The smallest absolute Gasteiger partial charge is 0.310 e. The van der Waals surface area contributed by atoms with Gasteiger partial charge < -0.3 is 15.2 Å². The lowest BCUT2D eigenvalue weighted by Gasteiger charge is -2.45. The molecule has 4 atom stereocenters. The molecule has 3 rings (SSSR count). The third-order valence-electron chi connectivity index (χ3n) is 6.06. The number of esters is 1. The van der Waals surface area contributed by atoms with Crippen molar-refractivity contribution in [3.63, 3.8) is 0 Å². The first kappa shape index (κ1) is 16.0. The summed E-state index contributed by atoms with van der Waals surface area (Å²) < 4.78 is 5.73. The van der Waals surface area contributed by atoms with Crippen molar-refractivity contribution in [2.45, 2.75) is 58.5 Å². The summed E-state index contributed by atoms with van der Waals surface area (Å²) in [7, 11) is 0. The minimum absolute atomic E-state index is 0.0181. The van der Waals surface area contributed by atoms with Crippen LogP contribution in [0, 0.1) is 17.3 Å². The topological polar surface area (TPSA) is 58.6 Å². The molecule has 1 aliphatic heterocycles. The number of nitrogens with one attached hydrogen (secondary N) is 1. The summed E-state index contributed by atoms with van der Waals surface area (Å²) in [6, 6.07) is 0. The maximum Gasteiger partial charge on any atom is 0.310 e. The van der Waals surface area contributed by atoms with Gasteiger partial charge in [-0.05, 0) is 57.4 Å². The second-order valence-corrected chi connectivity index (χ2v) is 7.61. The molecule has 1 saturated carbocycles. The molecule has 0 spiro atoms. The molecule has 0 amide bonds. The maximum absolute atomic E-state index is 12.3. The normalized spacial score (nSPS) is 37.8. The van der Waals surface area contributed by atoms with Crippen molar-refractivity contribution < 1.29 is 14.6 Å². The predicted molar refractivity (Wildman–Crippen MR) is 85.3 cm³/mol. The molecule has 2 fully saturated rings. The lowest BCUT2D eigenvalue weighted by molar-refractivity contribution is -0.145. The molecule has 3 aliphatic rings. The van der Waals surface area contributed by atoms with E-state index in [-0.39, 0.29) is 30.0 Å². The Morgan fingerprint density at radius 1 is 1.45 bits per heavy atom. The molecule has 0 aromatic heterocycles. The van der Waals surface area contributed by atoms with Gasteiger partial charge in [0.2, 0.25) is 0 Å². The van der Waals surface area contributed by atoms with Crippen LogP contribution in [0.5, 0.6) is 0 Å². The van der Waals surface area contributed by atoms with Gasteiger partial charge in [-0.3, -0.25) is 4.79 Å². The van der Waals surface area contributed by atoms with Crippen LogP contribution in [-0.4, -0.2) is 36.9 Å². The Balaban J connectivity index is 1.71. The number of rotatable bonds is 5. The van der Waals surface area contributed by atoms with E-state index in [4.69, 9.17) is 9.84 Å². The zero-order chi connectivity index (χ0) is 15.7. The number of allylic oxidation sites excluding steroid dienone is 2. The summed E-state index contributed by atoms with van der Waals surface area (Å²) in [4.78, 5) is 12.3. The number of carbonyl (C=O) groups is 1. The van der Waals surface area contributed by atoms with Crippen molar-refractivity contribution in [3.8, 4) is 0 Å². The van der Waals surface area contributed by atoms with Crippen molar-refractivity contribution in [1.29, 1.82) is 0 Å². The van der Waals surface area contributed by atoms with E-state index >= 15 is 0 Å². The van der Waals surface area contributed by atoms with Gasteiger partial charge in [0.05, 0.1) is 5.92 Å². The van der Waals surface area contributed by atoms with Gasteiger partial charge in [-0.25, -0.2) is 0 Å². The summed E-state index contributed by atoms with van der Waals surface area (Å²) in [6.07, 6.45) is 6.60. The first-order chi connectivity index (χ1) is 10.5. The number of fused-ring (bicyclic) bond motifs is 2. The van der Waals surface area contributed by atoms with Gasteiger partial charge in [-0.1, -0.05) is 18.1 Å². The Bertz CT molecular complexity index is 473. The van der Waals surface area contributed by atoms with Crippen LogP contribution < -0.4 is 5.32 Å². The van der Waals surface area contributed by atoms with Crippen LogP contribution in [-0.2, 0) is 9.53 Å². The van der Waals surface area contributed by atoms with E-state index < -0.39 is 0 Å². The highest BCUT2D eigenvalue weighted by Crippen LogP contribution is 2.54. The van der Waals surface area contributed by atoms with Gasteiger partial charge in [-0.2, -0.15) is 0 Å². The Hall–Kier alpha value is -0.870. The Labute approximate surface area is 133 Å². The van der Waals surface area contributed by atoms with Crippen LogP contribution in [0.15, 0.2) is 11.1 Å². The zero-order valence-electron chi connectivity index (χ0n) is 13.9. The SMILES string of the molecule is CC1=C2CC3C(CC2(C)CCC1)OC(=O)C3CNCCCO. The number of carbonyl (C=O) groups excluding carboxylic acids is 1. The van der Waals surface area contributed by atoms with Crippen LogP contribution in [0.2, 0.25) is 0 Å². The third kappa shape index (κ3) is 2.83. The van der Waals surface area contributed by atoms with Crippen molar-refractivity contribution in [3.05, 3.63) is 11.1 Å². The molecule has 22 heavy (non-hydrogen) atoms. The highest BCUT2D eigenvalue weighted by molar-refractivity contribution is 5.76. The lowest BCUT2D eigenvalue weighted by atomic mass is 9.59. The van der Waals surface area contributed by atoms with E-state index in [1.165, 1.54) is 19.3 Å². The summed E-state index contributed by atoms with van der Waals surface area (Å²) in [5.41, 5.74) is 3.42. The molecule has 0 radical (unpaired) electrons. The van der Waals surface area contributed by atoms with E-state index in [0.717, 1.165) is 25.8 Å². The zero-order valence-corrected chi connectivity index (χ0v) is 13.9. The molecular weight excluding hydrogens is 278 g/mol. The van der Waals surface area contributed by atoms with Crippen LogP contribution in [0.1, 0.15) is 52.4 Å². The molecule has 0 aromatic carbocycles. The molecule has 4 unspecified atom stereocenters. The Kier molecular flexibility index (Phi) is 4.60. The van der Waals surface area contributed by atoms with Crippen LogP contribution in [0.3, 0.4) is 0 Å². The van der Waals surface area contributed by atoms with E-state index in [1.807, 2.05) is 0 Å².